The third kappa shape index (κ3) is 3.28. The van der Waals surface area contributed by atoms with E-state index in [0.29, 0.717) is 12.0 Å². The predicted octanol–water partition coefficient (Wildman–Crippen LogP) is 1.65. The molecule has 2 aliphatic rings. The van der Waals surface area contributed by atoms with Gasteiger partial charge in [-0.3, -0.25) is 4.90 Å². The van der Waals surface area contributed by atoms with Crippen LogP contribution >= 0.6 is 0 Å². The van der Waals surface area contributed by atoms with Crippen LogP contribution in [0, 0.1) is 5.92 Å². The van der Waals surface area contributed by atoms with Gasteiger partial charge in [-0.1, -0.05) is 6.92 Å². The van der Waals surface area contributed by atoms with E-state index in [9.17, 15) is 13.6 Å². The minimum absolute atomic E-state index is 0.213. The number of carbonyl (C=O) groups excluding carboxylic acids is 1. The Morgan fingerprint density at radius 1 is 1.45 bits per heavy atom. The Labute approximate surface area is 118 Å². The number of rotatable bonds is 4. The molecule has 0 aromatic rings. The minimum atomic E-state index is -3.38. The van der Waals surface area contributed by atoms with Crippen LogP contribution in [-0.2, 0) is 9.53 Å². The summed E-state index contributed by atoms with van der Waals surface area (Å²) in [5, 5.41) is 3.33. The molecular formula is C14H24F2N2O2. The summed E-state index contributed by atoms with van der Waals surface area (Å²) in [6, 6.07) is 0.131. The van der Waals surface area contributed by atoms with Crippen LogP contribution in [0.4, 0.5) is 8.78 Å². The molecule has 0 radical (unpaired) electrons. The van der Waals surface area contributed by atoms with E-state index in [1.807, 2.05) is 0 Å². The van der Waals surface area contributed by atoms with E-state index < -0.39 is 18.3 Å². The van der Waals surface area contributed by atoms with E-state index in [4.69, 9.17) is 0 Å². The average molecular weight is 290 g/mol. The number of likely N-dealkylation sites (tertiary alicyclic amines) is 1. The molecule has 4 nitrogen and oxygen atoms in total. The first-order chi connectivity index (χ1) is 9.45. The maximum Gasteiger partial charge on any atom is 0.376 e. The Morgan fingerprint density at radius 3 is 2.85 bits per heavy atom. The highest BCUT2D eigenvalue weighted by Crippen LogP contribution is 2.33. The maximum absolute atomic E-state index is 13.8. The van der Waals surface area contributed by atoms with Crippen molar-refractivity contribution in [2.75, 3.05) is 26.7 Å². The fraction of sp³-hybridized carbons (Fsp3) is 0.929. The molecule has 2 saturated heterocycles. The first-order valence-corrected chi connectivity index (χ1v) is 7.38. The van der Waals surface area contributed by atoms with Crippen LogP contribution in [0.1, 0.15) is 32.6 Å². The second-order valence-electron chi connectivity index (χ2n) is 5.97. The number of esters is 1. The Balaban J connectivity index is 2.01. The molecule has 3 atom stereocenters. The maximum atomic E-state index is 13.8. The fourth-order valence-corrected chi connectivity index (χ4v) is 3.54. The number of alkyl halides is 2. The van der Waals surface area contributed by atoms with Crippen LogP contribution < -0.4 is 5.32 Å². The molecule has 0 aromatic heterocycles. The van der Waals surface area contributed by atoms with Crippen molar-refractivity contribution in [3.8, 4) is 0 Å². The molecule has 0 saturated carbocycles. The SMILES string of the molecule is COC(=O)C(F)(F)C[C@@H]1CCCN1C1CCNCC1C. The van der Waals surface area contributed by atoms with Gasteiger partial charge in [-0.2, -0.15) is 8.78 Å². The highest BCUT2D eigenvalue weighted by molar-refractivity contribution is 5.77. The van der Waals surface area contributed by atoms with Gasteiger partial charge in [0.05, 0.1) is 7.11 Å². The number of hydrogen-bond acceptors (Lipinski definition) is 4. The zero-order valence-electron chi connectivity index (χ0n) is 12.2. The van der Waals surface area contributed by atoms with Crippen molar-refractivity contribution < 1.29 is 18.3 Å². The van der Waals surface area contributed by atoms with Gasteiger partial charge < -0.3 is 10.1 Å². The van der Waals surface area contributed by atoms with E-state index in [0.717, 1.165) is 46.0 Å². The topological polar surface area (TPSA) is 41.6 Å². The van der Waals surface area contributed by atoms with Crippen molar-refractivity contribution in [2.24, 2.45) is 5.92 Å². The van der Waals surface area contributed by atoms with Gasteiger partial charge in [0.25, 0.3) is 0 Å². The van der Waals surface area contributed by atoms with Gasteiger partial charge >= 0.3 is 11.9 Å². The molecule has 0 amide bonds. The van der Waals surface area contributed by atoms with E-state index in [1.54, 1.807) is 0 Å². The first kappa shape index (κ1) is 15.6. The standard InChI is InChI=1S/C14H24F2N2O2/c1-10-9-17-6-5-12(10)18-7-3-4-11(18)8-14(15,16)13(19)20-2/h10-12,17H,3-9H2,1-2H3/t10?,11-,12?/m0/s1. The molecule has 2 fully saturated rings. The zero-order valence-corrected chi connectivity index (χ0v) is 12.2. The van der Waals surface area contributed by atoms with Gasteiger partial charge in [0.2, 0.25) is 0 Å². The van der Waals surface area contributed by atoms with Gasteiger partial charge in [0.15, 0.2) is 0 Å². The van der Waals surface area contributed by atoms with E-state index >= 15 is 0 Å². The highest BCUT2D eigenvalue weighted by Gasteiger charge is 2.46. The Morgan fingerprint density at radius 2 is 2.20 bits per heavy atom. The van der Waals surface area contributed by atoms with Crippen LogP contribution in [0.25, 0.3) is 0 Å². The molecule has 0 spiro atoms. The van der Waals surface area contributed by atoms with Gasteiger partial charge in [-0.25, -0.2) is 4.79 Å². The molecular weight excluding hydrogens is 266 g/mol. The van der Waals surface area contributed by atoms with Crippen LogP contribution in [0.15, 0.2) is 0 Å². The highest BCUT2D eigenvalue weighted by atomic mass is 19.3. The lowest BCUT2D eigenvalue weighted by molar-refractivity contribution is -0.171. The Bertz CT molecular complexity index is 352. The second kappa shape index (κ2) is 6.35. The Kier molecular flexibility index (Phi) is 4.96. The van der Waals surface area contributed by atoms with Crippen molar-refractivity contribution in [3.05, 3.63) is 0 Å². The summed E-state index contributed by atoms with van der Waals surface area (Å²) in [7, 11) is 1.01. The number of methoxy groups -OCH3 is 1. The zero-order chi connectivity index (χ0) is 14.8. The summed E-state index contributed by atoms with van der Waals surface area (Å²) >= 11 is 0. The van der Waals surface area contributed by atoms with Crippen molar-refractivity contribution in [1.29, 1.82) is 0 Å². The number of piperidine rings is 1. The van der Waals surface area contributed by atoms with E-state index in [-0.39, 0.29) is 6.04 Å². The quantitative estimate of drug-likeness (QED) is 0.799. The molecule has 2 heterocycles. The third-order valence-corrected chi connectivity index (χ3v) is 4.56. The van der Waals surface area contributed by atoms with Gasteiger partial charge in [0, 0.05) is 18.5 Å². The summed E-state index contributed by atoms with van der Waals surface area (Å²) in [6.45, 7) is 4.88. The summed E-state index contributed by atoms with van der Waals surface area (Å²) in [5.74, 6) is -4.34. The third-order valence-electron chi connectivity index (χ3n) is 4.56. The molecule has 2 unspecified atom stereocenters. The van der Waals surface area contributed by atoms with Gasteiger partial charge in [-0.15, -0.1) is 0 Å². The number of ether oxygens (including phenoxy) is 1. The molecule has 0 aliphatic carbocycles. The predicted molar refractivity (Wildman–Crippen MR) is 71.7 cm³/mol. The van der Waals surface area contributed by atoms with Crippen molar-refractivity contribution in [2.45, 2.75) is 50.6 Å². The van der Waals surface area contributed by atoms with Crippen molar-refractivity contribution in [1.82, 2.24) is 10.2 Å². The molecule has 20 heavy (non-hydrogen) atoms. The van der Waals surface area contributed by atoms with Crippen molar-refractivity contribution >= 4 is 5.97 Å². The fourth-order valence-electron chi connectivity index (χ4n) is 3.54. The van der Waals surface area contributed by atoms with Crippen LogP contribution in [-0.4, -0.2) is 55.6 Å². The van der Waals surface area contributed by atoms with E-state index in [2.05, 4.69) is 21.9 Å². The molecule has 0 aromatic carbocycles. The summed E-state index contributed by atoms with van der Waals surface area (Å²) < 4.78 is 31.8. The Hall–Kier alpha value is -0.750. The average Bonchev–Trinajstić information content (AvgIpc) is 2.85. The summed E-state index contributed by atoms with van der Waals surface area (Å²) in [4.78, 5) is 13.4. The number of nitrogens with zero attached hydrogens (tertiary/aromatic N) is 1. The normalized spacial score (nSPS) is 32.3. The molecule has 0 bridgehead atoms. The first-order valence-electron chi connectivity index (χ1n) is 7.38. The smallest absolute Gasteiger partial charge is 0.376 e. The van der Waals surface area contributed by atoms with Crippen LogP contribution in [0.2, 0.25) is 0 Å². The molecule has 116 valence electrons. The van der Waals surface area contributed by atoms with E-state index in [1.165, 1.54) is 0 Å². The molecule has 1 N–H and O–H groups in total. The second-order valence-corrected chi connectivity index (χ2v) is 5.97. The lowest BCUT2D eigenvalue weighted by Crippen LogP contribution is -2.51. The largest absolute Gasteiger partial charge is 0.465 e. The van der Waals surface area contributed by atoms with Gasteiger partial charge in [-0.05, 0) is 44.8 Å². The van der Waals surface area contributed by atoms with Crippen LogP contribution in [0.5, 0.6) is 0 Å². The number of nitrogens with one attached hydrogen (secondary N) is 1. The molecule has 2 rings (SSSR count). The van der Waals surface area contributed by atoms with Gasteiger partial charge in [0.1, 0.15) is 0 Å². The summed E-state index contributed by atoms with van der Waals surface area (Å²) in [5.41, 5.74) is 0. The monoisotopic (exact) mass is 290 g/mol. The lowest BCUT2D eigenvalue weighted by atomic mass is 9.92. The minimum Gasteiger partial charge on any atom is -0.465 e. The lowest BCUT2D eigenvalue weighted by Gasteiger charge is -2.40. The molecule has 2 aliphatic heterocycles. The van der Waals surface area contributed by atoms with Crippen LogP contribution in [0.3, 0.4) is 0 Å². The summed E-state index contributed by atoms with van der Waals surface area (Å²) in [6.07, 6.45) is 2.24. The van der Waals surface area contributed by atoms with Crippen molar-refractivity contribution in [3.63, 3.8) is 0 Å². The number of halogens is 2. The number of hydrogen-bond donors (Lipinski definition) is 1. The molecule has 6 heteroatoms. The number of carbonyl (C=O) groups is 1.